The summed E-state index contributed by atoms with van der Waals surface area (Å²) in [5.74, 6) is 0.575. The summed E-state index contributed by atoms with van der Waals surface area (Å²) in [6, 6.07) is 6.22. The fourth-order valence-electron chi connectivity index (χ4n) is 1.04. The molecule has 3 heteroatoms. The molecule has 0 N–H and O–H groups in total. The topological polar surface area (TPSA) is 0 Å². The van der Waals surface area contributed by atoms with Gasteiger partial charge in [0.15, 0.2) is 0 Å². The van der Waals surface area contributed by atoms with E-state index in [0.717, 1.165) is 12.0 Å². The van der Waals surface area contributed by atoms with E-state index in [1.165, 1.54) is 12.1 Å². The van der Waals surface area contributed by atoms with Gasteiger partial charge in [0.1, 0.15) is 0 Å². The molecule has 0 aromatic heterocycles. The van der Waals surface area contributed by atoms with E-state index in [-0.39, 0.29) is 5.56 Å². The number of rotatable bonds is 4. The minimum absolute atomic E-state index is 0.0551. The van der Waals surface area contributed by atoms with Gasteiger partial charge in [-0.25, -0.2) is 8.78 Å². The first-order valence-corrected chi connectivity index (χ1v) is 4.88. The van der Waals surface area contributed by atoms with Crippen molar-refractivity contribution >= 4 is 17.7 Å². The Kier molecular flexibility index (Phi) is 4.60. The summed E-state index contributed by atoms with van der Waals surface area (Å²) >= 11 is 5.48. The molecule has 0 heterocycles. The summed E-state index contributed by atoms with van der Waals surface area (Å²) in [6.07, 6.45) is 2.19. The summed E-state index contributed by atoms with van der Waals surface area (Å²) in [6.45, 7) is 0. The molecule has 0 aliphatic carbocycles. The van der Waals surface area contributed by atoms with Crippen molar-refractivity contribution in [3.05, 3.63) is 41.5 Å². The van der Waals surface area contributed by atoms with Crippen molar-refractivity contribution in [3.63, 3.8) is 0 Å². The van der Waals surface area contributed by atoms with Crippen molar-refractivity contribution in [2.45, 2.75) is 12.8 Å². The lowest BCUT2D eigenvalue weighted by molar-refractivity contribution is 0.151. The standard InChI is InChI=1S/C11H11ClF2/c12-8-2-1-3-9-4-6-10(7-5-9)11(13)14/h1,3-7,11H,2,8H2. The molecule has 0 fully saturated rings. The Hall–Kier alpha value is -0.890. The quantitative estimate of drug-likeness (QED) is 0.660. The van der Waals surface area contributed by atoms with Crippen LogP contribution in [-0.4, -0.2) is 5.88 Å². The number of hydrogen-bond acceptors (Lipinski definition) is 0. The molecule has 14 heavy (non-hydrogen) atoms. The van der Waals surface area contributed by atoms with Crippen LogP contribution in [0.2, 0.25) is 0 Å². The molecule has 1 aromatic carbocycles. The molecular weight excluding hydrogens is 206 g/mol. The highest BCUT2D eigenvalue weighted by Crippen LogP contribution is 2.19. The van der Waals surface area contributed by atoms with Gasteiger partial charge >= 0.3 is 0 Å². The highest BCUT2D eigenvalue weighted by molar-refractivity contribution is 6.17. The Balaban J connectivity index is 2.64. The second-order valence-electron chi connectivity index (χ2n) is 2.85. The van der Waals surface area contributed by atoms with E-state index >= 15 is 0 Å². The number of halogens is 3. The fourth-order valence-corrected chi connectivity index (χ4v) is 1.16. The van der Waals surface area contributed by atoms with Crippen molar-refractivity contribution in [2.24, 2.45) is 0 Å². The molecule has 76 valence electrons. The number of allylic oxidation sites excluding steroid dienone is 1. The van der Waals surface area contributed by atoms with Crippen LogP contribution >= 0.6 is 11.6 Å². The zero-order valence-corrected chi connectivity index (χ0v) is 8.35. The SMILES string of the molecule is FC(F)c1ccc(C=CCCCl)cc1. The van der Waals surface area contributed by atoms with E-state index in [4.69, 9.17) is 11.6 Å². The van der Waals surface area contributed by atoms with E-state index in [2.05, 4.69) is 0 Å². The van der Waals surface area contributed by atoms with Crippen LogP contribution in [0, 0.1) is 0 Å². The van der Waals surface area contributed by atoms with Gasteiger partial charge in [-0.1, -0.05) is 36.4 Å². The van der Waals surface area contributed by atoms with Crippen molar-refractivity contribution in [2.75, 3.05) is 5.88 Å². The van der Waals surface area contributed by atoms with Gasteiger partial charge in [0.25, 0.3) is 6.43 Å². The Labute approximate surface area is 87.2 Å². The summed E-state index contributed by atoms with van der Waals surface area (Å²) in [4.78, 5) is 0. The molecule has 0 saturated heterocycles. The van der Waals surface area contributed by atoms with E-state index < -0.39 is 6.43 Å². The summed E-state index contributed by atoms with van der Waals surface area (Å²) in [5.41, 5.74) is 0.971. The molecule has 0 aliphatic heterocycles. The monoisotopic (exact) mass is 216 g/mol. The maximum Gasteiger partial charge on any atom is 0.263 e. The Bertz CT molecular complexity index is 291. The normalized spacial score (nSPS) is 11.4. The van der Waals surface area contributed by atoms with Crippen LogP contribution < -0.4 is 0 Å². The molecule has 0 unspecified atom stereocenters. The maximum atomic E-state index is 12.2. The molecule has 0 atom stereocenters. The number of hydrogen-bond donors (Lipinski definition) is 0. The lowest BCUT2D eigenvalue weighted by Gasteiger charge is -1.99. The highest BCUT2D eigenvalue weighted by Gasteiger charge is 2.04. The highest BCUT2D eigenvalue weighted by atomic mass is 35.5. The average Bonchev–Trinajstić information content (AvgIpc) is 2.19. The van der Waals surface area contributed by atoms with Gasteiger partial charge in [-0.05, 0) is 12.0 Å². The second kappa shape index (κ2) is 5.76. The first-order valence-electron chi connectivity index (χ1n) is 4.34. The predicted octanol–water partition coefficient (Wildman–Crippen LogP) is 4.27. The minimum atomic E-state index is -2.39. The van der Waals surface area contributed by atoms with Gasteiger partial charge in [-0.3, -0.25) is 0 Å². The molecule has 0 radical (unpaired) electrons. The fraction of sp³-hybridized carbons (Fsp3) is 0.273. The molecule has 0 spiro atoms. The van der Waals surface area contributed by atoms with Gasteiger partial charge < -0.3 is 0 Å². The van der Waals surface area contributed by atoms with Gasteiger partial charge in [-0.15, -0.1) is 11.6 Å². The van der Waals surface area contributed by atoms with Gasteiger partial charge in [-0.2, -0.15) is 0 Å². The van der Waals surface area contributed by atoms with Gasteiger partial charge in [0.05, 0.1) is 0 Å². The number of benzene rings is 1. The summed E-state index contributed by atoms with van der Waals surface area (Å²) in [5, 5.41) is 0. The summed E-state index contributed by atoms with van der Waals surface area (Å²) in [7, 11) is 0. The molecule has 0 bridgehead atoms. The predicted molar refractivity (Wildman–Crippen MR) is 55.8 cm³/mol. The van der Waals surface area contributed by atoms with E-state index in [1.54, 1.807) is 12.1 Å². The third-order valence-corrected chi connectivity index (χ3v) is 1.99. The van der Waals surface area contributed by atoms with Crippen LogP contribution in [0.15, 0.2) is 30.3 Å². The largest absolute Gasteiger partial charge is 0.263 e. The Morgan fingerprint density at radius 2 is 1.86 bits per heavy atom. The van der Waals surface area contributed by atoms with Crippen LogP contribution in [0.1, 0.15) is 24.0 Å². The van der Waals surface area contributed by atoms with Crippen molar-refractivity contribution < 1.29 is 8.78 Å². The third kappa shape index (κ3) is 3.46. The first-order chi connectivity index (χ1) is 6.74. The Morgan fingerprint density at radius 1 is 1.21 bits per heavy atom. The molecular formula is C11H11ClF2. The van der Waals surface area contributed by atoms with Crippen LogP contribution in [0.5, 0.6) is 0 Å². The third-order valence-electron chi connectivity index (χ3n) is 1.77. The van der Waals surface area contributed by atoms with Crippen LogP contribution in [0.25, 0.3) is 6.08 Å². The zero-order chi connectivity index (χ0) is 10.4. The lowest BCUT2D eigenvalue weighted by Crippen LogP contribution is -1.82. The molecule has 0 saturated carbocycles. The Morgan fingerprint density at radius 3 is 2.36 bits per heavy atom. The first kappa shape index (κ1) is 11.2. The smallest absolute Gasteiger partial charge is 0.205 e. The lowest BCUT2D eigenvalue weighted by atomic mass is 10.1. The molecule has 0 amide bonds. The molecule has 0 nitrogen and oxygen atoms in total. The van der Waals surface area contributed by atoms with Gasteiger partial charge in [0.2, 0.25) is 0 Å². The molecule has 1 rings (SSSR count). The van der Waals surface area contributed by atoms with Crippen LogP contribution in [0.3, 0.4) is 0 Å². The maximum absolute atomic E-state index is 12.2. The second-order valence-corrected chi connectivity index (χ2v) is 3.23. The minimum Gasteiger partial charge on any atom is -0.205 e. The van der Waals surface area contributed by atoms with Crippen molar-refractivity contribution in [1.82, 2.24) is 0 Å². The van der Waals surface area contributed by atoms with Gasteiger partial charge in [0, 0.05) is 11.4 Å². The number of alkyl halides is 3. The van der Waals surface area contributed by atoms with Crippen molar-refractivity contribution in [3.8, 4) is 0 Å². The average molecular weight is 217 g/mol. The summed E-state index contributed by atoms with van der Waals surface area (Å²) < 4.78 is 24.3. The van der Waals surface area contributed by atoms with E-state index in [0.29, 0.717) is 5.88 Å². The van der Waals surface area contributed by atoms with E-state index in [1.807, 2.05) is 12.2 Å². The zero-order valence-electron chi connectivity index (χ0n) is 7.59. The van der Waals surface area contributed by atoms with Crippen LogP contribution in [0.4, 0.5) is 8.78 Å². The van der Waals surface area contributed by atoms with Crippen molar-refractivity contribution in [1.29, 1.82) is 0 Å². The van der Waals surface area contributed by atoms with E-state index in [9.17, 15) is 8.78 Å². The molecule has 0 aliphatic rings. The van der Waals surface area contributed by atoms with Crippen LogP contribution in [-0.2, 0) is 0 Å². The molecule has 1 aromatic rings.